The summed E-state index contributed by atoms with van der Waals surface area (Å²) in [6, 6.07) is 3.48. The zero-order chi connectivity index (χ0) is 14.7. The minimum Gasteiger partial charge on any atom is -0.341 e. The number of carbonyl (C=O) groups is 1. The molecule has 3 N–H and O–H groups in total. The number of nitrogens with one attached hydrogen (secondary N) is 3. The Morgan fingerprint density at radius 3 is 2.76 bits per heavy atom. The van der Waals surface area contributed by atoms with Crippen LogP contribution in [0, 0.1) is 17.1 Å². The van der Waals surface area contributed by atoms with Gasteiger partial charge in [-0.2, -0.15) is 0 Å². The second-order valence-electron chi connectivity index (χ2n) is 4.70. The Morgan fingerprint density at radius 1 is 1.52 bits per heavy atom. The first-order valence-electron chi connectivity index (χ1n) is 6.31. The summed E-state index contributed by atoms with van der Waals surface area (Å²) in [6.07, 6.45) is 2.13. The molecule has 1 aromatic carbocycles. The summed E-state index contributed by atoms with van der Waals surface area (Å²) in [5.41, 5.74) is 0.389. The van der Waals surface area contributed by atoms with E-state index in [1.54, 1.807) is 0 Å². The summed E-state index contributed by atoms with van der Waals surface area (Å²) >= 11 is 6.08. The molecule has 0 spiro atoms. The molecule has 0 atom stereocenters. The highest BCUT2D eigenvalue weighted by Crippen LogP contribution is 2.34. The van der Waals surface area contributed by atoms with E-state index in [0.717, 1.165) is 12.8 Å². The number of guanidine groups is 1. The number of hydrogen-bond donors (Lipinski definition) is 3. The van der Waals surface area contributed by atoms with Crippen LogP contribution in [0.3, 0.4) is 0 Å². The van der Waals surface area contributed by atoms with Gasteiger partial charge in [-0.1, -0.05) is 11.6 Å². The average molecular weight is 335 g/mol. The van der Waals surface area contributed by atoms with Crippen molar-refractivity contribution in [3.05, 3.63) is 29.0 Å². The molecule has 1 aromatic rings. The molecule has 0 bridgehead atoms. The second-order valence-corrected chi connectivity index (χ2v) is 5.11. The molecule has 0 aliphatic heterocycles. The molecule has 0 aromatic heterocycles. The van der Waals surface area contributed by atoms with Crippen LogP contribution in [0.4, 0.5) is 14.9 Å². The average Bonchev–Trinajstić information content (AvgIpc) is 3.22. The Hall–Kier alpha value is -1.53. The van der Waals surface area contributed by atoms with Gasteiger partial charge in [0, 0.05) is 13.6 Å². The Kier molecular flexibility index (Phi) is 6.23. The van der Waals surface area contributed by atoms with Gasteiger partial charge in [0.15, 0.2) is 0 Å². The second kappa shape index (κ2) is 7.47. The summed E-state index contributed by atoms with van der Waals surface area (Å²) in [7, 11) is 1.46. The predicted octanol–water partition coefficient (Wildman–Crippen LogP) is 2.98. The van der Waals surface area contributed by atoms with E-state index in [0.29, 0.717) is 23.2 Å². The van der Waals surface area contributed by atoms with Gasteiger partial charge in [0.25, 0.3) is 0 Å². The Balaban J connectivity index is 0.00000220. The van der Waals surface area contributed by atoms with E-state index in [4.69, 9.17) is 17.0 Å². The number of amides is 2. The minimum atomic E-state index is -0.497. The SMILES string of the molecule is CNC(=O)NC(=N)N(CC1CC1)c1cc(F)ccc1Cl.Cl. The van der Waals surface area contributed by atoms with Gasteiger partial charge in [-0.3, -0.25) is 10.7 Å². The summed E-state index contributed by atoms with van der Waals surface area (Å²) < 4.78 is 13.4. The molecule has 1 aliphatic rings. The van der Waals surface area contributed by atoms with Gasteiger partial charge in [0.1, 0.15) is 5.82 Å². The standard InChI is InChI=1S/C13H16ClFN4O.ClH/c1-17-13(20)18-12(16)19(7-8-2-3-8)11-6-9(15)4-5-10(11)14;/h4-6,8H,2-3,7H2,1H3,(H3,16,17,18,20);1H. The molecule has 8 heteroatoms. The van der Waals surface area contributed by atoms with Crippen molar-refractivity contribution in [2.75, 3.05) is 18.5 Å². The van der Waals surface area contributed by atoms with Gasteiger partial charge in [-0.15, -0.1) is 12.4 Å². The maximum absolute atomic E-state index is 13.4. The third kappa shape index (κ3) is 4.75. The van der Waals surface area contributed by atoms with E-state index < -0.39 is 11.8 Å². The first kappa shape index (κ1) is 17.5. The van der Waals surface area contributed by atoms with Crippen LogP contribution >= 0.6 is 24.0 Å². The number of hydrogen-bond acceptors (Lipinski definition) is 2. The molecule has 0 saturated heterocycles. The third-order valence-electron chi connectivity index (χ3n) is 3.07. The summed E-state index contributed by atoms with van der Waals surface area (Å²) in [6.45, 7) is 0.534. The quantitative estimate of drug-likeness (QED) is 0.587. The van der Waals surface area contributed by atoms with Crippen molar-refractivity contribution in [2.45, 2.75) is 12.8 Å². The third-order valence-corrected chi connectivity index (χ3v) is 3.39. The van der Waals surface area contributed by atoms with Gasteiger partial charge < -0.3 is 10.2 Å². The van der Waals surface area contributed by atoms with E-state index in [-0.39, 0.29) is 18.4 Å². The summed E-state index contributed by atoms with van der Waals surface area (Å²) in [4.78, 5) is 12.8. The van der Waals surface area contributed by atoms with Crippen LogP contribution in [0.25, 0.3) is 0 Å². The van der Waals surface area contributed by atoms with Crippen molar-refractivity contribution >= 4 is 41.7 Å². The fourth-order valence-electron chi connectivity index (χ4n) is 1.80. The monoisotopic (exact) mass is 334 g/mol. The van der Waals surface area contributed by atoms with Crippen molar-refractivity contribution in [1.82, 2.24) is 10.6 Å². The van der Waals surface area contributed by atoms with Crippen molar-refractivity contribution in [3.63, 3.8) is 0 Å². The zero-order valence-electron chi connectivity index (χ0n) is 11.5. The Bertz CT molecular complexity index is 537. The summed E-state index contributed by atoms with van der Waals surface area (Å²) in [5, 5.41) is 13.1. The van der Waals surface area contributed by atoms with Crippen LogP contribution in [0.1, 0.15) is 12.8 Å². The lowest BCUT2D eigenvalue weighted by molar-refractivity contribution is 0.247. The van der Waals surface area contributed by atoms with Crippen LogP contribution < -0.4 is 15.5 Å². The smallest absolute Gasteiger partial charge is 0.321 e. The molecule has 1 saturated carbocycles. The molecule has 0 heterocycles. The first-order valence-corrected chi connectivity index (χ1v) is 6.69. The maximum atomic E-state index is 13.4. The lowest BCUT2D eigenvalue weighted by Gasteiger charge is -2.26. The summed E-state index contributed by atoms with van der Waals surface area (Å²) in [5.74, 6) is -0.108. The molecule has 2 amide bonds. The Morgan fingerprint density at radius 2 is 2.19 bits per heavy atom. The minimum absolute atomic E-state index is 0. The van der Waals surface area contributed by atoms with E-state index in [2.05, 4.69) is 10.6 Å². The molecule has 116 valence electrons. The van der Waals surface area contributed by atoms with Crippen LogP contribution in [-0.4, -0.2) is 25.6 Å². The highest BCUT2D eigenvalue weighted by Gasteiger charge is 2.28. The number of nitrogens with zero attached hydrogens (tertiary/aromatic N) is 1. The molecule has 1 aliphatic carbocycles. The lowest BCUT2D eigenvalue weighted by atomic mass is 10.2. The van der Waals surface area contributed by atoms with Crippen LogP contribution in [-0.2, 0) is 0 Å². The number of benzene rings is 1. The van der Waals surface area contributed by atoms with Gasteiger partial charge in [-0.25, -0.2) is 9.18 Å². The van der Waals surface area contributed by atoms with Crippen molar-refractivity contribution in [3.8, 4) is 0 Å². The number of rotatable bonds is 3. The number of carbonyl (C=O) groups excluding carboxylic acids is 1. The number of anilines is 1. The van der Waals surface area contributed by atoms with Crippen molar-refractivity contribution in [2.24, 2.45) is 5.92 Å². The molecule has 21 heavy (non-hydrogen) atoms. The normalized spacial score (nSPS) is 13.1. The highest BCUT2D eigenvalue weighted by atomic mass is 35.5. The lowest BCUT2D eigenvalue weighted by Crippen LogP contribution is -2.47. The van der Waals surface area contributed by atoms with Crippen LogP contribution in [0.5, 0.6) is 0 Å². The molecule has 5 nitrogen and oxygen atoms in total. The molecule has 1 fully saturated rings. The number of urea groups is 1. The van der Waals surface area contributed by atoms with Crippen molar-refractivity contribution < 1.29 is 9.18 Å². The Labute approximate surface area is 133 Å². The van der Waals surface area contributed by atoms with E-state index in [1.165, 1.54) is 30.1 Å². The van der Waals surface area contributed by atoms with Crippen LogP contribution in [0.2, 0.25) is 5.02 Å². The van der Waals surface area contributed by atoms with Gasteiger partial charge in [-0.05, 0) is 37.0 Å². The molecule has 2 rings (SSSR count). The molecular formula is C13H17Cl2FN4O. The van der Waals surface area contributed by atoms with Crippen LogP contribution in [0.15, 0.2) is 18.2 Å². The molecule has 0 unspecified atom stereocenters. The number of halogens is 3. The topological polar surface area (TPSA) is 68.2 Å². The molecule has 0 radical (unpaired) electrons. The largest absolute Gasteiger partial charge is 0.341 e. The van der Waals surface area contributed by atoms with Gasteiger partial charge in [0.2, 0.25) is 5.96 Å². The van der Waals surface area contributed by atoms with Gasteiger partial charge in [0.05, 0.1) is 10.7 Å². The fraction of sp³-hybridized carbons (Fsp3) is 0.385. The predicted molar refractivity (Wildman–Crippen MR) is 84.0 cm³/mol. The fourth-order valence-corrected chi connectivity index (χ4v) is 2.02. The zero-order valence-corrected chi connectivity index (χ0v) is 13.0. The van der Waals surface area contributed by atoms with E-state index >= 15 is 0 Å². The highest BCUT2D eigenvalue weighted by molar-refractivity contribution is 6.33. The van der Waals surface area contributed by atoms with E-state index in [1.807, 2.05) is 0 Å². The maximum Gasteiger partial charge on any atom is 0.321 e. The van der Waals surface area contributed by atoms with E-state index in [9.17, 15) is 9.18 Å². The first-order chi connectivity index (χ1) is 9.51. The van der Waals surface area contributed by atoms with Crippen molar-refractivity contribution in [1.29, 1.82) is 5.41 Å². The van der Waals surface area contributed by atoms with Gasteiger partial charge >= 0.3 is 6.03 Å². The molecular weight excluding hydrogens is 318 g/mol.